The Morgan fingerprint density at radius 2 is 1.11 bits per heavy atom. The molecule has 0 radical (unpaired) electrons. The molecule has 0 saturated carbocycles. The number of benzene rings is 4. The predicted molar refractivity (Wildman–Crippen MR) is 250 cm³/mol. The third kappa shape index (κ3) is 15.3. The van der Waals surface area contributed by atoms with E-state index in [-0.39, 0.29) is 0 Å². The minimum Gasteiger partial charge on any atom is -0.367 e. The van der Waals surface area contributed by atoms with E-state index in [1.54, 1.807) is 6.08 Å². The minimum absolute atomic E-state index is 0.922. The fraction of sp³-hybridized carbons (Fsp3) is 0.235. The van der Waals surface area contributed by atoms with Crippen LogP contribution in [-0.2, 0) is 20.1 Å². The zero-order valence-corrected chi connectivity index (χ0v) is 34.9. The molecule has 0 N–H and O–H groups in total. The van der Waals surface area contributed by atoms with Crippen molar-refractivity contribution in [1.29, 1.82) is 0 Å². The highest BCUT2D eigenvalue weighted by molar-refractivity contribution is 8.76. The summed E-state index contributed by atoms with van der Waals surface area (Å²) >= 11 is 0. The Kier molecular flexibility index (Phi) is 18.5. The number of hydrogen-bond donors (Lipinski definition) is 0. The van der Waals surface area contributed by atoms with Gasteiger partial charge >= 0.3 is 0 Å². The molecule has 0 unspecified atom stereocenters. The molecule has 4 aromatic carbocycles. The monoisotopic (exact) mass is 776 g/mol. The second kappa shape index (κ2) is 24.5. The Morgan fingerprint density at radius 1 is 0.589 bits per heavy atom. The molecule has 0 amide bonds. The lowest BCUT2D eigenvalue weighted by atomic mass is 10.1. The average Bonchev–Trinajstić information content (AvgIpc) is 3.23. The molecule has 0 fully saturated rings. The summed E-state index contributed by atoms with van der Waals surface area (Å²) in [6.45, 7) is 9.79. The number of hydrogen-bond acceptors (Lipinski definition) is 4. The van der Waals surface area contributed by atoms with Crippen LogP contribution in [0.5, 0.6) is 0 Å². The van der Waals surface area contributed by atoms with Crippen LogP contribution in [0, 0.1) is 0 Å². The molecule has 5 aromatic rings. The van der Waals surface area contributed by atoms with Gasteiger partial charge in [-0.2, -0.15) is 0 Å². The highest BCUT2D eigenvalue weighted by atomic mass is 33.1. The zero-order valence-electron chi connectivity index (χ0n) is 33.3. The topological polar surface area (TPSA) is 10.4 Å². The van der Waals surface area contributed by atoms with Crippen LogP contribution in [0.25, 0.3) is 18.2 Å². The Bertz CT molecular complexity index is 1980. The van der Waals surface area contributed by atoms with Gasteiger partial charge in [-0.25, -0.2) is 4.57 Å². The molecule has 56 heavy (non-hydrogen) atoms. The van der Waals surface area contributed by atoms with E-state index in [9.17, 15) is 0 Å². The molecule has 0 aliphatic carbocycles. The van der Waals surface area contributed by atoms with Crippen LogP contribution in [0.1, 0.15) is 60.6 Å². The maximum atomic E-state index is 3.73. The van der Waals surface area contributed by atoms with Crippen molar-refractivity contribution >= 4 is 51.2 Å². The van der Waals surface area contributed by atoms with Crippen molar-refractivity contribution in [3.63, 3.8) is 0 Å². The van der Waals surface area contributed by atoms with Gasteiger partial charge in [0.1, 0.15) is 7.05 Å². The molecule has 5 rings (SSSR count). The number of rotatable bonds is 23. The minimum atomic E-state index is 0.922. The summed E-state index contributed by atoms with van der Waals surface area (Å²) in [6.07, 6.45) is 23.4. The van der Waals surface area contributed by atoms with E-state index in [1.165, 1.54) is 82.1 Å². The van der Waals surface area contributed by atoms with Gasteiger partial charge in [-0.1, -0.05) is 155 Å². The second-order valence-corrected chi connectivity index (χ2v) is 16.7. The number of pyridine rings is 1. The molecule has 5 heteroatoms. The molecule has 288 valence electrons. The summed E-state index contributed by atoms with van der Waals surface area (Å²) in [5.74, 6) is 2.37. The summed E-state index contributed by atoms with van der Waals surface area (Å²) in [5.41, 5.74) is 10.1. The lowest BCUT2D eigenvalue weighted by Crippen LogP contribution is -2.30. The van der Waals surface area contributed by atoms with E-state index in [2.05, 4.69) is 199 Å². The number of nitrogens with zero attached hydrogens (tertiary/aromatic N) is 3. The predicted octanol–water partition coefficient (Wildman–Crippen LogP) is 13.0. The van der Waals surface area contributed by atoms with Crippen LogP contribution >= 0.6 is 21.6 Å². The molecule has 0 aliphatic heterocycles. The van der Waals surface area contributed by atoms with Gasteiger partial charge in [-0.3, -0.25) is 0 Å². The van der Waals surface area contributed by atoms with E-state index in [0.29, 0.717) is 0 Å². The molecule has 0 saturated heterocycles. The van der Waals surface area contributed by atoms with Crippen molar-refractivity contribution < 1.29 is 4.57 Å². The summed E-state index contributed by atoms with van der Waals surface area (Å²) in [6, 6.07) is 46.0. The highest BCUT2D eigenvalue weighted by Gasteiger charge is 2.10. The Balaban J connectivity index is 1.04. The summed E-state index contributed by atoms with van der Waals surface area (Å²) in [4.78, 5) is 5.06. The molecular formula is C51H58N3S2+. The molecule has 0 aliphatic rings. The van der Waals surface area contributed by atoms with Crippen molar-refractivity contribution in [2.24, 2.45) is 7.05 Å². The van der Waals surface area contributed by atoms with Gasteiger partial charge in [0, 0.05) is 67.3 Å². The molecule has 0 spiro atoms. The van der Waals surface area contributed by atoms with E-state index < -0.39 is 0 Å². The normalized spacial score (nSPS) is 11.9. The number of aryl methyl sites for hydroxylation is 1. The summed E-state index contributed by atoms with van der Waals surface area (Å²) in [5, 5.41) is 0. The maximum Gasteiger partial charge on any atom is 0.204 e. The first-order valence-electron chi connectivity index (χ1n) is 19.9. The lowest BCUT2D eigenvalue weighted by Gasteiger charge is -2.25. The second-order valence-electron chi connectivity index (χ2n) is 14.0. The lowest BCUT2D eigenvalue weighted by molar-refractivity contribution is -0.673. The van der Waals surface area contributed by atoms with Gasteiger partial charge in [0.2, 0.25) is 5.69 Å². The van der Waals surface area contributed by atoms with E-state index in [0.717, 1.165) is 26.2 Å². The van der Waals surface area contributed by atoms with Crippen molar-refractivity contribution in [3.8, 4) is 0 Å². The fourth-order valence-electron chi connectivity index (χ4n) is 6.30. The zero-order chi connectivity index (χ0) is 39.0. The van der Waals surface area contributed by atoms with Crippen LogP contribution in [0.4, 0.5) is 11.4 Å². The average molecular weight is 777 g/mol. The van der Waals surface area contributed by atoms with Crippen LogP contribution in [0.2, 0.25) is 0 Å². The van der Waals surface area contributed by atoms with Gasteiger partial charge in [-0.15, -0.1) is 0 Å². The van der Waals surface area contributed by atoms with Crippen LogP contribution in [-0.4, -0.2) is 24.6 Å². The Hall–Kier alpha value is -4.97. The largest absolute Gasteiger partial charge is 0.367 e. The van der Waals surface area contributed by atoms with Crippen LogP contribution < -0.4 is 14.4 Å². The molecule has 1 aromatic heterocycles. The Labute approximate surface area is 345 Å². The molecule has 1 heterocycles. The first-order chi connectivity index (χ1) is 27.6. The first kappa shape index (κ1) is 42.2. The van der Waals surface area contributed by atoms with Crippen molar-refractivity contribution in [2.45, 2.75) is 45.7 Å². The third-order valence-corrected chi connectivity index (χ3v) is 12.1. The van der Waals surface area contributed by atoms with Gasteiger partial charge in [0.05, 0.1) is 0 Å². The van der Waals surface area contributed by atoms with Crippen LogP contribution in [0.3, 0.4) is 0 Å². The molecule has 0 bridgehead atoms. The van der Waals surface area contributed by atoms with E-state index in [4.69, 9.17) is 0 Å². The molecule has 3 nitrogen and oxygen atoms in total. The van der Waals surface area contributed by atoms with Crippen molar-refractivity contribution in [3.05, 3.63) is 204 Å². The number of unbranched alkanes of at least 4 members (excludes halogenated alkanes) is 2. The standard InChI is InChI=1S/C51H58N3S2/c1-4-5-8-19-44(2)25-26-45-28-33-50(34-29-45)53(42-47-20-9-6-10-21-47)38-15-17-40-55-56-41-18-16-39-54(43-48-22-11-7-12-23-48)51-35-30-46(31-36-51)27-32-49-24-13-14-37-52(49)3/h4-14,19-37H,1,15-18,38-43H2,2-3H3/q+1/b8-5-,26-25+,44-19+. The van der Waals surface area contributed by atoms with Gasteiger partial charge in [-0.05, 0) is 91.3 Å². The highest BCUT2D eigenvalue weighted by Crippen LogP contribution is 2.26. The van der Waals surface area contributed by atoms with Gasteiger partial charge in [0.15, 0.2) is 6.20 Å². The quantitative estimate of drug-likeness (QED) is 0.0283. The molecule has 0 atom stereocenters. The third-order valence-electron chi connectivity index (χ3n) is 9.53. The van der Waals surface area contributed by atoms with E-state index in [1.807, 2.05) is 33.7 Å². The summed E-state index contributed by atoms with van der Waals surface area (Å²) < 4.78 is 2.14. The smallest absolute Gasteiger partial charge is 0.204 e. The fourth-order valence-corrected chi connectivity index (χ4v) is 8.60. The number of anilines is 2. The van der Waals surface area contributed by atoms with Gasteiger partial charge < -0.3 is 9.80 Å². The SMILES string of the molecule is C=C\C=C/C=C(C)/C=C/c1ccc(N(CCCCSSCCCCN(Cc2ccccc2)c2ccc(/C=C/c3cccc[n+]3C)cc2)Cc2ccccc2)cc1. The van der Waals surface area contributed by atoms with Crippen LogP contribution in [0.15, 0.2) is 176 Å². The van der Waals surface area contributed by atoms with Crippen molar-refractivity contribution in [1.82, 2.24) is 0 Å². The number of aromatic nitrogens is 1. The Morgan fingerprint density at radius 3 is 1.62 bits per heavy atom. The first-order valence-corrected chi connectivity index (χ1v) is 22.4. The van der Waals surface area contributed by atoms with E-state index >= 15 is 0 Å². The molecular weight excluding hydrogens is 719 g/mol. The summed E-state index contributed by atoms with van der Waals surface area (Å²) in [7, 11) is 6.16. The van der Waals surface area contributed by atoms with Crippen molar-refractivity contribution in [2.75, 3.05) is 34.4 Å². The maximum absolute atomic E-state index is 3.73. The van der Waals surface area contributed by atoms with Gasteiger partial charge in [0.25, 0.3) is 0 Å². The number of allylic oxidation sites excluding steroid dienone is 6.